The summed E-state index contributed by atoms with van der Waals surface area (Å²) in [7, 11) is -3.88. The highest BCUT2D eigenvalue weighted by Gasteiger charge is 2.29. The van der Waals surface area contributed by atoms with Gasteiger partial charge in [-0.3, -0.25) is 4.79 Å². The van der Waals surface area contributed by atoms with Gasteiger partial charge in [-0.15, -0.1) is 0 Å². The summed E-state index contributed by atoms with van der Waals surface area (Å²) in [4.78, 5) is 10.6. The lowest BCUT2D eigenvalue weighted by Crippen LogP contribution is -2.37. The summed E-state index contributed by atoms with van der Waals surface area (Å²) in [5.74, 6) is -2.29. The molecule has 1 atom stereocenters. The standard InChI is InChI=1S/C12H17NO5S/c1-3-13(19(17,18)8-12(15)16)9(2)10-5-4-6-11(14)7-10/h4-7,9,14H,3,8H2,1-2H3,(H,15,16). The second-order valence-corrected chi connectivity index (χ2v) is 6.05. The summed E-state index contributed by atoms with van der Waals surface area (Å²) >= 11 is 0. The van der Waals surface area contributed by atoms with Gasteiger partial charge in [0.05, 0.1) is 0 Å². The molecule has 0 aliphatic rings. The number of aliphatic carboxylic acids is 1. The van der Waals surface area contributed by atoms with Crippen LogP contribution in [0.2, 0.25) is 0 Å². The van der Waals surface area contributed by atoms with Gasteiger partial charge in [-0.2, -0.15) is 4.31 Å². The van der Waals surface area contributed by atoms with Crippen molar-refractivity contribution in [3.63, 3.8) is 0 Å². The second-order valence-electron chi connectivity index (χ2n) is 4.12. The average molecular weight is 287 g/mol. The predicted octanol–water partition coefficient (Wildman–Crippen LogP) is 1.19. The third-order valence-corrected chi connectivity index (χ3v) is 4.66. The highest BCUT2D eigenvalue weighted by Crippen LogP contribution is 2.25. The molecule has 1 unspecified atom stereocenters. The number of carboxylic acid groups (broad SMARTS) is 1. The molecule has 1 rings (SSSR count). The van der Waals surface area contributed by atoms with Crippen molar-refractivity contribution in [2.45, 2.75) is 19.9 Å². The predicted molar refractivity (Wildman–Crippen MR) is 70.3 cm³/mol. The van der Waals surface area contributed by atoms with Crippen molar-refractivity contribution in [2.75, 3.05) is 12.3 Å². The first kappa shape index (κ1) is 15.5. The van der Waals surface area contributed by atoms with Gasteiger partial charge in [-0.1, -0.05) is 19.1 Å². The molecule has 0 amide bonds. The van der Waals surface area contributed by atoms with E-state index in [1.165, 1.54) is 12.1 Å². The first-order valence-corrected chi connectivity index (χ1v) is 7.39. The van der Waals surface area contributed by atoms with Crippen molar-refractivity contribution in [1.82, 2.24) is 4.31 Å². The van der Waals surface area contributed by atoms with Crippen LogP contribution < -0.4 is 0 Å². The van der Waals surface area contributed by atoms with E-state index in [2.05, 4.69) is 0 Å². The Morgan fingerprint density at radius 2 is 2.05 bits per heavy atom. The fourth-order valence-electron chi connectivity index (χ4n) is 1.90. The summed E-state index contributed by atoms with van der Waals surface area (Å²) in [6, 6.07) is 5.70. The molecule has 0 aliphatic heterocycles. The van der Waals surface area contributed by atoms with Crippen molar-refractivity contribution in [1.29, 1.82) is 0 Å². The molecule has 6 nitrogen and oxygen atoms in total. The van der Waals surface area contributed by atoms with Crippen LogP contribution in [-0.4, -0.2) is 41.2 Å². The van der Waals surface area contributed by atoms with Crippen molar-refractivity contribution in [3.05, 3.63) is 29.8 Å². The number of rotatable bonds is 6. The highest BCUT2D eigenvalue weighted by molar-refractivity contribution is 7.89. The monoisotopic (exact) mass is 287 g/mol. The number of phenols is 1. The van der Waals surface area contributed by atoms with E-state index in [4.69, 9.17) is 5.11 Å². The van der Waals surface area contributed by atoms with Gasteiger partial charge in [-0.05, 0) is 24.6 Å². The van der Waals surface area contributed by atoms with Crippen molar-refractivity contribution < 1.29 is 23.4 Å². The van der Waals surface area contributed by atoms with Crippen LogP contribution in [0.25, 0.3) is 0 Å². The number of phenolic OH excluding ortho intramolecular Hbond substituents is 1. The summed E-state index contributed by atoms with van der Waals surface area (Å²) < 4.78 is 25.0. The minimum absolute atomic E-state index is 0.0380. The van der Waals surface area contributed by atoms with E-state index in [0.29, 0.717) is 5.56 Å². The van der Waals surface area contributed by atoms with Crippen LogP contribution in [0, 0.1) is 0 Å². The fraction of sp³-hybridized carbons (Fsp3) is 0.417. The number of carbonyl (C=O) groups is 1. The maximum absolute atomic E-state index is 12.0. The molecule has 0 saturated heterocycles. The number of carboxylic acids is 1. The molecule has 0 spiro atoms. The Hall–Kier alpha value is -1.60. The zero-order valence-electron chi connectivity index (χ0n) is 10.8. The van der Waals surface area contributed by atoms with Gasteiger partial charge >= 0.3 is 5.97 Å². The Labute approximate surface area is 112 Å². The van der Waals surface area contributed by atoms with Crippen LogP contribution in [0.15, 0.2) is 24.3 Å². The van der Waals surface area contributed by atoms with Gasteiger partial charge in [0.15, 0.2) is 5.75 Å². The Kier molecular flexibility index (Phi) is 4.90. The Morgan fingerprint density at radius 1 is 1.42 bits per heavy atom. The smallest absolute Gasteiger partial charge is 0.320 e. The molecular weight excluding hydrogens is 270 g/mol. The van der Waals surface area contributed by atoms with Crippen LogP contribution in [0.3, 0.4) is 0 Å². The molecule has 0 bridgehead atoms. The van der Waals surface area contributed by atoms with Crippen LogP contribution in [0.1, 0.15) is 25.5 Å². The normalized spacial score (nSPS) is 13.4. The number of aromatic hydroxyl groups is 1. The minimum Gasteiger partial charge on any atom is -0.508 e. The van der Waals surface area contributed by atoms with Gasteiger partial charge < -0.3 is 10.2 Å². The van der Waals surface area contributed by atoms with E-state index in [-0.39, 0.29) is 12.3 Å². The molecule has 0 radical (unpaired) electrons. The summed E-state index contributed by atoms with van der Waals surface area (Å²) in [6.07, 6.45) is 0. The number of hydrogen-bond acceptors (Lipinski definition) is 4. The Morgan fingerprint density at radius 3 is 2.53 bits per heavy atom. The van der Waals surface area contributed by atoms with Crippen molar-refractivity contribution >= 4 is 16.0 Å². The summed E-state index contributed by atoms with van der Waals surface area (Å²) in [6.45, 7) is 3.45. The molecule has 0 saturated carbocycles. The molecule has 19 heavy (non-hydrogen) atoms. The maximum atomic E-state index is 12.0. The van der Waals surface area contributed by atoms with E-state index in [9.17, 15) is 18.3 Å². The lowest BCUT2D eigenvalue weighted by atomic mass is 10.1. The maximum Gasteiger partial charge on any atom is 0.320 e. The number of nitrogens with zero attached hydrogens (tertiary/aromatic N) is 1. The summed E-state index contributed by atoms with van der Waals surface area (Å²) in [5, 5.41) is 18.0. The number of hydrogen-bond donors (Lipinski definition) is 2. The van der Waals surface area contributed by atoms with Crippen molar-refractivity contribution in [2.24, 2.45) is 0 Å². The topological polar surface area (TPSA) is 94.9 Å². The van der Waals surface area contributed by atoms with Gasteiger partial charge in [0.1, 0.15) is 5.75 Å². The third kappa shape index (κ3) is 3.93. The van der Waals surface area contributed by atoms with Crippen LogP contribution in [-0.2, 0) is 14.8 Å². The SMILES string of the molecule is CCN(C(C)c1cccc(O)c1)S(=O)(=O)CC(=O)O. The zero-order valence-corrected chi connectivity index (χ0v) is 11.6. The first-order valence-electron chi connectivity index (χ1n) is 5.78. The lowest BCUT2D eigenvalue weighted by molar-refractivity contribution is -0.134. The Bertz CT molecular complexity index is 555. The van der Waals surface area contributed by atoms with Gasteiger partial charge in [0.2, 0.25) is 10.0 Å². The molecule has 106 valence electrons. The number of sulfonamides is 1. The van der Waals surface area contributed by atoms with Gasteiger partial charge in [0, 0.05) is 12.6 Å². The molecule has 1 aromatic carbocycles. The van der Waals surface area contributed by atoms with Crippen LogP contribution >= 0.6 is 0 Å². The molecule has 1 aromatic rings. The molecule has 0 fully saturated rings. The quantitative estimate of drug-likeness (QED) is 0.819. The van der Waals surface area contributed by atoms with E-state index in [0.717, 1.165) is 4.31 Å². The van der Waals surface area contributed by atoms with E-state index in [1.807, 2.05) is 0 Å². The Balaban J connectivity index is 3.06. The lowest BCUT2D eigenvalue weighted by Gasteiger charge is -2.26. The average Bonchev–Trinajstić information content (AvgIpc) is 2.27. The third-order valence-electron chi connectivity index (χ3n) is 2.76. The van der Waals surface area contributed by atoms with Crippen molar-refractivity contribution in [3.8, 4) is 5.75 Å². The molecule has 0 heterocycles. The fourth-order valence-corrected chi connectivity index (χ4v) is 3.38. The van der Waals surface area contributed by atoms with E-state index < -0.39 is 27.8 Å². The largest absolute Gasteiger partial charge is 0.508 e. The molecule has 0 aromatic heterocycles. The van der Waals surface area contributed by atoms with Gasteiger partial charge in [-0.25, -0.2) is 8.42 Å². The summed E-state index contributed by atoms with van der Waals surface area (Å²) in [5.41, 5.74) is 0.607. The van der Waals surface area contributed by atoms with Crippen LogP contribution in [0.4, 0.5) is 0 Å². The zero-order chi connectivity index (χ0) is 14.6. The highest BCUT2D eigenvalue weighted by atomic mass is 32.2. The van der Waals surface area contributed by atoms with E-state index >= 15 is 0 Å². The molecular formula is C12H17NO5S. The first-order chi connectivity index (χ1) is 8.77. The molecule has 0 aliphatic carbocycles. The van der Waals surface area contributed by atoms with E-state index in [1.54, 1.807) is 26.0 Å². The second kappa shape index (κ2) is 6.03. The minimum atomic E-state index is -3.88. The molecule has 7 heteroatoms. The van der Waals surface area contributed by atoms with Crippen LogP contribution in [0.5, 0.6) is 5.75 Å². The van der Waals surface area contributed by atoms with Gasteiger partial charge in [0.25, 0.3) is 0 Å². The number of benzene rings is 1. The molecule has 2 N–H and O–H groups in total.